The number of hydrogen-bond acceptors (Lipinski definition) is 5. The van der Waals surface area contributed by atoms with E-state index in [9.17, 15) is 14.4 Å². The lowest BCUT2D eigenvalue weighted by Crippen LogP contribution is -2.35. The topological polar surface area (TPSA) is 101 Å². The maximum atomic E-state index is 13.1. The number of aromatic nitrogens is 4. The average Bonchev–Trinajstić information content (AvgIpc) is 2.93. The third-order valence-electron chi connectivity index (χ3n) is 5.54. The quantitative estimate of drug-likeness (QED) is 0.710. The molecule has 4 rings (SSSR count). The van der Waals surface area contributed by atoms with Crippen LogP contribution in [0.2, 0.25) is 0 Å². The van der Waals surface area contributed by atoms with Crippen LogP contribution >= 0.6 is 0 Å². The molecule has 1 amide bonds. The van der Waals surface area contributed by atoms with E-state index in [2.05, 4.69) is 15.1 Å². The van der Waals surface area contributed by atoms with Gasteiger partial charge in [-0.1, -0.05) is 18.2 Å². The molecule has 1 aromatic carbocycles. The van der Waals surface area contributed by atoms with Crippen molar-refractivity contribution in [3.8, 4) is 0 Å². The van der Waals surface area contributed by atoms with Crippen molar-refractivity contribution < 1.29 is 4.79 Å². The molecule has 0 unspecified atom stereocenters. The summed E-state index contributed by atoms with van der Waals surface area (Å²) in [5.41, 5.74) is 1.75. The number of fused-ring (bicyclic) bond motifs is 2. The molecule has 1 aliphatic heterocycles. The number of aromatic amines is 1. The summed E-state index contributed by atoms with van der Waals surface area (Å²) >= 11 is 0. The summed E-state index contributed by atoms with van der Waals surface area (Å²) in [4.78, 5) is 47.0. The second kappa shape index (κ2) is 7.85. The molecule has 1 N–H and O–H groups in total. The molecule has 0 radical (unpaired) electrons. The maximum Gasteiger partial charge on any atom is 0.274 e. The number of nitrogens with zero attached hydrogens (tertiary/aromatic N) is 4. The summed E-state index contributed by atoms with van der Waals surface area (Å²) in [6.07, 6.45) is 1.13. The second-order valence-corrected chi connectivity index (χ2v) is 7.97. The number of carbonyl (C=O) groups is 1. The number of H-pyrrole nitrogens is 1. The van der Waals surface area contributed by atoms with Gasteiger partial charge in [-0.05, 0) is 33.3 Å². The lowest BCUT2D eigenvalue weighted by Gasteiger charge is -2.21. The molecule has 0 atom stereocenters. The fourth-order valence-electron chi connectivity index (χ4n) is 3.99. The minimum Gasteiger partial charge on any atom is -0.342 e. The third-order valence-corrected chi connectivity index (χ3v) is 5.54. The summed E-state index contributed by atoms with van der Waals surface area (Å²) in [6, 6.07) is 7.17. The van der Waals surface area contributed by atoms with Crippen molar-refractivity contribution in [2.45, 2.75) is 46.1 Å². The molecule has 0 fully saturated rings. The van der Waals surface area contributed by atoms with Gasteiger partial charge in [0.1, 0.15) is 5.82 Å². The van der Waals surface area contributed by atoms with Gasteiger partial charge in [0.2, 0.25) is 5.91 Å². The molecule has 8 heteroatoms. The highest BCUT2D eigenvalue weighted by atomic mass is 16.2. The molecule has 30 heavy (non-hydrogen) atoms. The summed E-state index contributed by atoms with van der Waals surface area (Å²) in [6.45, 7) is 6.52. The number of rotatable bonds is 3. The van der Waals surface area contributed by atoms with E-state index in [0.29, 0.717) is 53.8 Å². The molecular formula is C22H25N5O3. The average molecular weight is 407 g/mol. The first-order valence-electron chi connectivity index (χ1n) is 10.2. The molecular weight excluding hydrogens is 382 g/mol. The van der Waals surface area contributed by atoms with Gasteiger partial charge < -0.3 is 9.88 Å². The molecule has 0 aliphatic carbocycles. The Kier molecular flexibility index (Phi) is 5.24. The van der Waals surface area contributed by atoms with Gasteiger partial charge in [0.05, 0.1) is 29.2 Å². The van der Waals surface area contributed by atoms with E-state index in [4.69, 9.17) is 0 Å². The highest BCUT2D eigenvalue weighted by Crippen LogP contribution is 2.17. The number of benzene rings is 1. The Morgan fingerprint density at radius 3 is 2.57 bits per heavy atom. The van der Waals surface area contributed by atoms with Crippen LogP contribution in [-0.4, -0.2) is 43.6 Å². The number of carbonyl (C=O) groups excluding carboxylic acids is 1. The van der Waals surface area contributed by atoms with Gasteiger partial charge in [-0.25, -0.2) is 9.67 Å². The molecule has 3 aromatic rings. The zero-order valence-corrected chi connectivity index (χ0v) is 17.4. The van der Waals surface area contributed by atoms with Gasteiger partial charge in [-0.2, -0.15) is 5.10 Å². The van der Waals surface area contributed by atoms with Crippen molar-refractivity contribution in [2.24, 2.45) is 0 Å². The Labute approximate surface area is 173 Å². The predicted octanol–water partition coefficient (Wildman–Crippen LogP) is 1.54. The Morgan fingerprint density at radius 1 is 1.13 bits per heavy atom. The zero-order valence-electron chi connectivity index (χ0n) is 17.4. The van der Waals surface area contributed by atoms with E-state index in [1.54, 1.807) is 17.9 Å². The minimum absolute atomic E-state index is 0.0671. The summed E-state index contributed by atoms with van der Waals surface area (Å²) < 4.78 is 1.44. The number of amides is 1. The van der Waals surface area contributed by atoms with Gasteiger partial charge in [-0.15, -0.1) is 0 Å². The van der Waals surface area contributed by atoms with Crippen LogP contribution in [0.15, 0.2) is 33.9 Å². The van der Waals surface area contributed by atoms with Crippen molar-refractivity contribution >= 4 is 16.7 Å². The molecule has 1 aliphatic rings. The fourth-order valence-corrected chi connectivity index (χ4v) is 3.99. The summed E-state index contributed by atoms with van der Waals surface area (Å²) in [5, 5.41) is 5.79. The Hall–Kier alpha value is -3.29. The van der Waals surface area contributed by atoms with Gasteiger partial charge in [0.15, 0.2) is 0 Å². The largest absolute Gasteiger partial charge is 0.342 e. The van der Waals surface area contributed by atoms with Crippen molar-refractivity contribution in [3.63, 3.8) is 0 Å². The normalized spacial score (nSPS) is 14.1. The van der Waals surface area contributed by atoms with E-state index in [1.807, 2.05) is 32.0 Å². The molecule has 2 aromatic heterocycles. The molecule has 0 bridgehead atoms. The summed E-state index contributed by atoms with van der Waals surface area (Å²) in [5.74, 6) is 0.521. The van der Waals surface area contributed by atoms with Crippen LogP contribution in [0.3, 0.4) is 0 Å². The van der Waals surface area contributed by atoms with Gasteiger partial charge in [0.25, 0.3) is 11.1 Å². The lowest BCUT2D eigenvalue weighted by atomic mass is 10.1. The van der Waals surface area contributed by atoms with E-state index in [0.717, 1.165) is 5.69 Å². The highest BCUT2D eigenvalue weighted by molar-refractivity contribution is 5.88. The van der Waals surface area contributed by atoms with Crippen LogP contribution in [-0.2, 0) is 24.1 Å². The monoisotopic (exact) mass is 407 g/mol. The smallest absolute Gasteiger partial charge is 0.274 e. The lowest BCUT2D eigenvalue weighted by molar-refractivity contribution is -0.130. The van der Waals surface area contributed by atoms with Crippen LogP contribution in [0.4, 0.5) is 0 Å². The predicted molar refractivity (Wildman–Crippen MR) is 114 cm³/mol. The van der Waals surface area contributed by atoms with Crippen LogP contribution in [0.25, 0.3) is 10.8 Å². The van der Waals surface area contributed by atoms with E-state index >= 15 is 0 Å². The van der Waals surface area contributed by atoms with E-state index < -0.39 is 0 Å². The number of nitrogens with one attached hydrogen (secondary N) is 1. The van der Waals surface area contributed by atoms with Crippen molar-refractivity contribution in [2.75, 3.05) is 13.1 Å². The van der Waals surface area contributed by atoms with Crippen molar-refractivity contribution in [1.82, 2.24) is 24.6 Å². The Morgan fingerprint density at radius 2 is 1.83 bits per heavy atom. The molecule has 156 valence electrons. The molecule has 0 saturated heterocycles. The first-order chi connectivity index (χ1) is 14.3. The molecule has 0 saturated carbocycles. The van der Waals surface area contributed by atoms with Crippen LogP contribution < -0.4 is 11.1 Å². The molecule has 0 spiro atoms. The Balaban J connectivity index is 1.63. The van der Waals surface area contributed by atoms with Crippen LogP contribution in [0.5, 0.6) is 0 Å². The number of aryl methyl sites for hydroxylation is 1. The second-order valence-electron chi connectivity index (χ2n) is 7.97. The van der Waals surface area contributed by atoms with Gasteiger partial charge in [-0.3, -0.25) is 14.4 Å². The third kappa shape index (κ3) is 3.65. The SMILES string of the molecule is Cc1nc2c(c(=O)[nH]1)CCN(C(=O)Cc1nn(C(C)C)c(=O)c3ccccc13)CC2. The van der Waals surface area contributed by atoms with E-state index in [-0.39, 0.29) is 29.5 Å². The maximum absolute atomic E-state index is 13.1. The molecule has 3 heterocycles. The van der Waals surface area contributed by atoms with Crippen LogP contribution in [0.1, 0.15) is 42.7 Å². The standard InChI is InChI=1S/C22H25N5O3/c1-13(2)27-22(30)16-7-5-4-6-15(16)19(25-27)12-20(28)26-10-8-17-18(9-11-26)23-14(3)24-21(17)29/h4-7,13H,8-12H2,1-3H3,(H,23,24,29). The fraction of sp³-hybridized carbons (Fsp3) is 0.409. The van der Waals surface area contributed by atoms with E-state index in [1.165, 1.54) is 4.68 Å². The zero-order chi connectivity index (χ0) is 21.4. The Bertz CT molecular complexity index is 1240. The number of hydrogen-bond donors (Lipinski definition) is 1. The van der Waals surface area contributed by atoms with Crippen LogP contribution in [0, 0.1) is 6.92 Å². The molecule has 8 nitrogen and oxygen atoms in total. The van der Waals surface area contributed by atoms with Crippen molar-refractivity contribution in [1.29, 1.82) is 0 Å². The van der Waals surface area contributed by atoms with Gasteiger partial charge in [0, 0.05) is 30.5 Å². The van der Waals surface area contributed by atoms with Gasteiger partial charge >= 0.3 is 0 Å². The minimum atomic E-state index is -0.150. The highest BCUT2D eigenvalue weighted by Gasteiger charge is 2.23. The first-order valence-corrected chi connectivity index (χ1v) is 10.2. The van der Waals surface area contributed by atoms with Crippen molar-refractivity contribution in [3.05, 3.63) is 67.7 Å². The first kappa shape index (κ1) is 20.0. The summed E-state index contributed by atoms with van der Waals surface area (Å²) in [7, 11) is 0.